The summed E-state index contributed by atoms with van der Waals surface area (Å²) in [7, 11) is 0. The van der Waals surface area contributed by atoms with Gasteiger partial charge < -0.3 is 5.73 Å². The molecule has 3 heteroatoms. The number of hydrogen-bond acceptors (Lipinski definition) is 2. The lowest BCUT2D eigenvalue weighted by Crippen LogP contribution is -2.39. The Bertz CT molecular complexity index is 415. The summed E-state index contributed by atoms with van der Waals surface area (Å²) in [5.74, 6) is -0.177. The molecule has 1 aromatic rings. The van der Waals surface area contributed by atoms with Crippen LogP contribution >= 0.6 is 0 Å². The lowest BCUT2D eigenvalue weighted by Gasteiger charge is -2.38. The van der Waals surface area contributed by atoms with Crippen molar-refractivity contribution in [2.24, 2.45) is 11.1 Å². The molecule has 100 valence electrons. The molecule has 18 heavy (non-hydrogen) atoms. The van der Waals surface area contributed by atoms with E-state index in [1.54, 1.807) is 6.07 Å². The predicted molar refractivity (Wildman–Crippen MR) is 72.6 cm³/mol. The van der Waals surface area contributed by atoms with Gasteiger partial charge in [0.2, 0.25) is 0 Å². The number of nitrogens with zero attached hydrogens (tertiary/aromatic N) is 1. The maximum atomic E-state index is 13.4. The van der Waals surface area contributed by atoms with Gasteiger partial charge in [-0.25, -0.2) is 4.39 Å². The molecule has 0 spiro atoms. The molecule has 0 unspecified atom stereocenters. The summed E-state index contributed by atoms with van der Waals surface area (Å²) >= 11 is 0. The van der Waals surface area contributed by atoms with Gasteiger partial charge in [-0.15, -0.1) is 0 Å². The van der Waals surface area contributed by atoms with Gasteiger partial charge in [0.05, 0.1) is 0 Å². The molecule has 1 saturated heterocycles. The average molecular weight is 250 g/mol. The monoisotopic (exact) mass is 250 g/mol. The first-order valence-electron chi connectivity index (χ1n) is 6.69. The van der Waals surface area contributed by atoms with Crippen LogP contribution in [0, 0.1) is 11.2 Å². The third-order valence-electron chi connectivity index (χ3n) is 3.64. The molecule has 0 aliphatic carbocycles. The van der Waals surface area contributed by atoms with Crippen molar-refractivity contribution >= 4 is 0 Å². The standard InChI is InChI=1S/C15H23FN2/c1-15(2)4-3-5-18(11-15)10-13-6-12(9-17)7-14(16)8-13/h6-8H,3-5,9-11,17H2,1-2H3. The maximum Gasteiger partial charge on any atom is 0.123 e. The van der Waals surface area contributed by atoms with Crippen LogP contribution in [0.1, 0.15) is 37.8 Å². The Morgan fingerprint density at radius 1 is 1.28 bits per heavy atom. The fourth-order valence-corrected chi connectivity index (χ4v) is 2.86. The summed E-state index contributed by atoms with van der Waals surface area (Å²) in [4.78, 5) is 2.42. The van der Waals surface area contributed by atoms with Crippen molar-refractivity contribution < 1.29 is 4.39 Å². The molecule has 1 aliphatic rings. The molecule has 0 radical (unpaired) electrons. The van der Waals surface area contributed by atoms with E-state index in [0.717, 1.165) is 30.8 Å². The van der Waals surface area contributed by atoms with Crippen LogP contribution in [0.5, 0.6) is 0 Å². The number of hydrogen-bond donors (Lipinski definition) is 1. The smallest absolute Gasteiger partial charge is 0.123 e. The van der Waals surface area contributed by atoms with Crippen molar-refractivity contribution in [3.05, 3.63) is 35.1 Å². The molecule has 2 N–H and O–H groups in total. The first-order chi connectivity index (χ1) is 8.48. The lowest BCUT2D eigenvalue weighted by molar-refractivity contribution is 0.111. The van der Waals surface area contributed by atoms with Gasteiger partial charge >= 0.3 is 0 Å². The van der Waals surface area contributed by atoms with E-state index < -0.39 is 0 Å². The summed E-state index contributed by atoms with van der Waals surface area (Å²) in [6, 6.07) is 5.16. The minimum Gasteiger partial charge on any atom is -0.326 e. The highest BCUT2D eigenvalue weighted by Gasteiger charge is 2.26. The zero-order valence-corrected chi connectivity index (χ0v) is 11.4. The zero-order chi connectivity index (χ0) is 13.2. The molecule has 1 fully saturated rings. The number of piperidine rings is 1. The zero-order valence-electron chi connectivity index (χ0n) is 11.4. The second-order valence-electron chi connectivity index (χ2n) is 6.15. The number of nitrogens with two attached hydrogens (primary N) is 1. The van der Waals surface area contributed by atoms with Gasteiger partial charge in [0.1, 0.15) is 5.82 Å². The van der Waals surface area contributed by atoms with E-state index in [9.17, 15) is 4.39 Å². The van der Waals surface area contributed by atoms with E-state index in [4.69, 9.17) is 5.73 Å². The highest BCUT2D eigenvalue weighted by Crippen LogP contribution is 2.29. The van der Waals surface area contributed by atoms with Crippen molar-refractivity contribution in [3.8, 4) is 0 Å². The summed E-state index contributed by atoms with van der Waals surface area (Å²) in [6.45, 7) is 8.02. The van der Waals surface area contributed by atoms with Crippen LogP contribution in [0.25, 0.3) is 0 Å². The van der Waals surface area contributed by atoms with Crippen LogP contribution in [-0.2, 0) is 13.1 Å². The number of rotatable bonds is 3. The first-order valence-corrected chi connectivity index (χ1v) is 6.69. The van der Waals surface area contributed by atoms with E-state index in [0.29, 0.717) is 12.0 Å². The summed E-state index contributed by atoms with van der Waals surface area (Å²) < 4.78 is 13.4. The molecule has 1 aromatic carbocycles. The number of benzene rings is 1. The normalized spacial score (nSPS) is 20.0. The Labute approximate surface area is 109 Å². The topological polar surface area (TPSA) is 29.3 Å². The Morgan fingerprint density at radius 2 is 2.00 bits per heavy atom. The molecular formula is C15H23FN2. The second-order valence-corrected chi connectivity index (χ2v) is 6.15. The van der Waals surface area contributed by atoms with E-state index >= 15 is 0 Å². The highest BCUT2D eigenvalue weighted by molar-refractivity contribution is 5.24. The number of halogens is 1. The highest BCUT2D eigenvalue weighted by atomic mass is 19.1. The fourth-order valence-electron chi connectivity index (χ4n) is 2.86. The molecule has 1 heterocycles. The molecule has 0 amide bonds. The second kappa shape index (κ2) is 5.37. The van der Waals surface area contributed by atoms with Gasteiger partial charge in [0, 0.05) is 19.6 Å². The Kier molecular flexibility index (Phi) is 4.03. The lowest BCUT2D eigenvalue weighted by atomic mass is 9.84. The van der Waals surface area contributed by atoms with E-state index in [-0.39, 0.29) is 5.82 Å². The molecular weight excluding hydrogens is 227 g/mol. The van der Waals surface area contributed by atoms with Gasteiger partial charge in [-0.05, 0) is 48.1 Å². The van der Waals surface area contributed by atoms with Gasteiger partial charge in [-0.3, -0.25) is 4.90 Å². The van der Waals surface area contributed by atoms with Crippen molar-refractivity contribution in [2.45, 2.75) is 39.8 Å². The quantitative estimate of drug-likeness (QED) is 0.893. The third-order valence-corrected chi connectivity index (χ3v) is 3.64. The van der Waals surface area contributed by atoms with Crippen molar-refractivity contribution in [1.29, 1.82) is 0 Å². The predicted octanol–water partition coefficient (Wildman–Crippen LogP) is 2.91. The first kappa shape index (κ1) is 13.5. The fraction of sp³-hybridized carbons (Fsp3) is 0.600. The van der Waals surface area contributed by atoms with Crippen molar-refractivity contribution in [1.82, 2.24) is 4.90 Å². The molecule has 0 atom stereocenters. The van der Waals surface area contributed by atoms with Crippen LogP contribution in [0.3, 0.4) is 0 Å². The van der Waals surface area contributed by atoms with Gasteiger partial charge in [-0.1, -0.05) is 19.9 Å². The van der Waals surface area contributed by atoms with Crippen LogP contribution in [0.2, 0.25) is 0 Å². The average Bonchev–Trinajstić information content (AvgIpc) is 2.26. The van der Waals surface area contributed by atoms with E-state index in [1.165, 1.54) is 18.9 Å². The molecule has 0 bridgehead atoms. The SMILES string of the molecule is CC1(C)CCCN(Cc2cc(F)cc(CN)c2)C1. The van der Waals surface area contributed by atoms with Gasteiger partial charge in [-0.2, -0.15) is 0 Å². The molecule has 0 saturated carbocycles. The molecule has 2 nitrogen and oxygen atoms in total. The van der Waals surface area contributed by atoms with Gasteiger partial charge in [0.25, 0.3) is 0 Å². The van der Waals surface area contributed by atoms with Crippen LogP contribution < -0.4 is 5.73 Å². The summed E-state index contributed by atoms with van der Waals surface area (Å²) in [6.07, 6.45) is 2.51. The summed E-state index contributed by atoms with van der Waals surface area (Å²) in [5, 5.41) is 0. The van der Waals surface area contributed by atoms with Crippen LogP contribution in [-0.4, -0.2) is 18.0 Å². The number of likely N-dealkylation sites (tertiary alicyclic amines) is 1. The third kappa shape index (κ3) is 3.53. The Balaban J connectivity index is 2.07. The van der Waals surface area contributed by atoms with Gasteiger partial charge in [0.15, 0.2) is 0 Å². The van der Waals surface area contributed by atoms with Crippen molar-refractivity contribution in [3.63, 3.8) is 0 Å². The Hall–Kier alpha value is -0.930. The minimum atomic E-state index is -0.177. The molecule has 1 aliphatic heterocycles. The Morgan fingerprint density at radius 3 is 2.67 bits per heavy atom. The largest absolute Gasteiger partial charge is 0.326 e. The molecule has 0 aromatic heterocycles. The maximum absolute atomic E-state index is 13.4. The summed E-state index contributed by atoms with van der Waals surface area (Å²) in [5.41, 5.74) is 7.87. The van der Waals surface area contributed by atoms with Crippen molar-refractivity contribution in [2.75, 3.05) is 13.1 Å². The minimum absolute atomic E-state index is 0.177. The van der Waals surface area contributed by atoms with Crippen LogP contribution in [0.15, 0.2) is 18.2 Å². The van der Waals surface area contributed by atoms with E-state index in [2.05, 4.69) is 18.7 Å². The van der Waals surface area contributed by atoms with Crippen LogP contribution in [0.4, 0.5) is 4.39 Å². The molecule has 2 rings (SSSR count). The van der Waals surface area contributed by atoms with E-state index in [1.807, 2.05) is 6.07 Å².